The molecule has 2 aromatic carbocycles. The first-order chi connectivity index (χ1) is 12.8. The van der Waals surface area contributed by atoms with Crippen LogP contribution in [0, 0.1) is 0 Å². The van der Waals surface area contributed by atoms with Gasteiger partial charge >= 0.3 is 5.97 Å². The summed E-state index contributed by atoms with van der Waals surface area (Å²) in [5, 5.41) is 8.93. The monoisotopic (exact) mass is 372 g/mol. The first-order valence-electron chi connectivity index (χ1n) is 9.05. The zero-order chi connectivity index (χ0) is 19.9. The molecule has 0 heterocycles. The molecule has 5 heteroatoms. The Morgan fingerprint density at radius 3 is 2.30 bits per heavy atom. The van der Waals surface area contributed by atoms with Crippen molar-refractivity contribution >= 4 is 5.97 Å². The molecule has 0 aliphatic carbocycles. The number of hydrogen-bond donors (Lipinski definition) is 1. The van der Waals surface area contributed by atoms with Crippen molar-refractivity contribution in [1.82, 2.24) is 0 Å². The molecule has 0 unspecified atom stereocenters. The lowest BCUT2D eigenvalue weighted by Gasteiger charge is -2.23. The summed E-state index contributed by atoms with van der Waals surface area (Å²) >= 11 is 0. The van der Waals surface area contributed by atoms with Crippen molar-refractivity contribution in [3.05, 3.63) is 53.6 Å². The number of carbonyl (C=O) groups is 1. The van der Waals surface area contributed by atoms with Crippen molar-refractivity contribution in [1.29, 1.82) is 0 Å². The van der Waals surface area contributed by atoms with Crippen molar-refractivity contribution in [3.8, 4) is 17.2 Å². The van der Waals surface area contributed by atoms with Crippen LogP contribution >= 0.6 is 0 Å². The van der Waals surface area contributed by atoms with Crippen LogP contribution in [-0.2, 0) is 16.6 Å². The van der Waals surface area contributed by atoms with E-state index in [-0.39, 0.29) is 11.8 Å². The number of carboxylic acid groups (broad SMARTS) is 1. The van der Waals surface area contributed by atoms with Crippen LogP contribution in [0.3, 0.4) is 0 Å². The molecule has 146 valence electrons. The van der Waals surface area contributed by atoms with E-state index in [0.29, 0.717) is 31.1 Å². The molecule has 0 spiro atoms. The molecular formula is C22H28O5. The van der Waals surface area contributed by atoms with Gasteiger partial charge in [0, 0.05) is 6.42 Å². The van der Waals surface area contributed by atoms with Crippen LogP contribution < -0.4 is 14.2 Å². The molecule has 0 radical (unpaired) electrons. The summed E-state index contributed by atoms with van der Waals surface area (Å²) in [6, 6.07) is 13.5. The number of carboxylic acids is 1. The summed E-state index contributed by atoms with van der Waals surface area (Å²) in [7, 11) is 1.57. The minimum atomic E-state index is -0.842. The van der Waals surface area contributed by atoms with Crippen LogP contribution in [0.1, 0.15) is 38.3 Å². The van der Waals surface area contributed by atoms with Gasteiger partial charge in [0.05, 0.1) is 7.11 Å². The second-order valence-corrected chi connectivity index (χ2v) is 7.29. The van der Waals surface area contributed by atoms with E-state index in [4.69, 9.17) is 19.3 Å². The lowest BCUT2D eigenvalue weighted by molar-refractivity contribution is -0.136. The maximum Gasteiger partial charge on any atom is 0.303 e. The Morgan fingerprint density at radius 2 is 1.63 bits per heavy atom. The Labute approximate surface area is 160 Å². The Kier molecular flexibility index (Phi) is 7.11. The Bertz CT molecular complexity index is 762. The summed E-state index contributed by atoms with van der Waals surface area (Å²) in [6.07, 6.45) is 0.425. The standard InChI is InChI=1S/C22H28O5/c1-22(2,3)17-9-5-6-10-18(17)26-14-15-27-21-16(12-13-20(23)24)8-7-11-19(21)25-4/h5-11H,12-15H2,1-4H3,(H,23,24). The quantitative estimate of drug-likeness (QED) is 0.658. The average molecular weight is 372 g/mol. The maximum atomic E-state index is 10.9. The van der Waals surface area contributed by atoms with Crippen LogP contribution in [0.4, 0.5) is 0 Å². The fraction of sp³-hybridized carbons (Fsp3) is 0.409. The van der Waals surface area contributed by atoms with E-state index in [0.717, 1.165) is 16.9 Å². The van der Waals surface area contributed by atoms with Crippen molar-refractivity contribution in [3.63, 3.8) is 0 Å². The van der Waals surface area contributed by atoms with Gasteiger partial charge in [-0.05, 0) is 35.1 Å². The first-order valence-corrected chi connectivity index (χ1v) is 9.05. The molecule has 0 saturated carbocycles. The second kappa shape index (κ2) is 9.31. The van der Waals surface area contributed by atoms with E-state index in [2.05, 4.69) is 26.8 Å². The van der Waals surface area contributed by atoms with E-state index >= 15 is 0 Å². The molecule has 0 aromatic heterocycles. The summed E-state index contributed by atoms with van der Waals surface area (Å²) in [6.45, 7) is 7.15. The molecular weight excluding hydrogens is 344 g/mol. The molecule has 0 aliphatic rings. The highest BCUT2D eigenvalue weighted by atomic mass is 16.5. The number of methoxy groups -OCH3 is 1. The predicted molar refractivity (Wildman–Crippen MR) is 105 cm³/mol. The first kappa shape index (κ1) is 20.6. The average Bonchev–Trinajstić information content (AvgIpc) is 2.63. The molecule has 2 aromatic rings. The van der Waals surface area contributed by atoms with Gasteiger partial charge in [0.25, 0.3) is 0 Å². The van der Waals surface area contributed by atoms with Gasteiger partial charge < -0.3 is 19.3 Å². The van der Waals surface area contributed by atoms with Crippen molar-refractivity contribution in [2.45, 2.75) is 39.0 Å². The molecule has 0 bridgehead atoms. The molecule has 0 fully saturated rings. The minimum absolute atomic E-state index is 0.00982. The van der Waals surface area contributed by atoms with E-state index in [1.807, 2.05) is 30.3 Å². The molecule has 0 saturated heterocycles. The highest BCUT2D eigenvalue weighted by Crippen LogP contribution is 2.33. The van der Waals surface area contributed by atoms with Gasteiger partial charge in [-0.3, -0.25) is 4.79 Å². The van der Waals surface area contributed by atoms with E-state index < -0.39 is 5.97 Å². The second-order valence-electron chi connectivity index (χ2n) is 7.29. The number of aryl methyl sites for hydroxylation is 1. The number of para-hydroxylation sites is 2. The van der Waals surface area contributed by atoms with Gasteiger partial charge in [-0.1, -0.05) is 51.1 Å². The van der Waals surface area contributed by atoms with Crippen LogP contribution in [0.2, 0.25) is 0 Å². The number of benzene rings is 2. The lowest BCUT2D eigenvalue weighted by Crippen LogP contribution is -2.16. The van der Waals surface area contributed by atoms with Crippen LogP contribution in [0.5, 0.6) is 17.2 Å². The third kappa shape index (κ3) is 5.91. The fourth-order valence-electron chi connectivity index (χ4n) is 2.83. The Balaban J connectivity index is 2.02. The maximum absolute atomic E-state index is 10.9. The van der Waals surface area contributed by atoms with E-state index in [1.54, 1.807) is 13.2 Å². The van der Waals surface area contributed by atoms with Gasteiger partial charge in [0.15, 0.2) is 11.5 Å². The number of ether oxygens (including phenoxy) is 3. The minimum Gasteiger partial charge on any atom is -0.493 e. The highest BCUT2D eigenvalue weighted by Gasteiger charge is 2.18. The molecule has 1 N–H and O–H groups in total. The van der Waals surface area contributed by atoms with E-state index in [1.165, 1.54) is 0 Å². The van der Waals surface area contributed by atoms with Gasteiger partial charge in [0.2, 0.25) is 0 Å². The molecule has 0 atom stereocenters. The summed E-state index contributed by atoms with van der Waals surface area (Å²) < 4.78 is 17.2. The third-order valence-electron chi connectivity index (χ3n) is 4.17. The summed E-state index contributed by atoms with van der Waals surface area (Å²) in [5.74, 6) is 1.17. The topological polar surface area (TPSA) is 65.0 Å². The third-order valence-corrected chi connectivity index (χ3v) is 4.17. The van der Waals surface area contributed by atoms with Gasteiger partial charge in [-0.25, -0.2) is 0 Å². The largest absolute Gasteiger partial charge is 0.493 e. The molecule has 5 nitrogen and oxygen atoms in total. The number of hydrogen-bond acceptors (Lipinski definition) is 4. The van der Waals surface area contributed by atoms with Gasteiger partial charge in [0.1, 0.15) is 19.0 Å². The number of aliphatic carboxylic acids is 1. The fourth-order valence-corrected chi connectivity index (χ4v) is 2.83. The van der Waals surface area contributed by atoms with Crippen molar-refractivity contribution in [2.75, 3.05) is 20.3 Å². The Hall–Kier alpha value is -2.69. The summed E-state index contributed by atoms with van der Waals surface area (Å²) in [5.41, 5.74) is 1.95. The van der Waals surface area contributed by atoms with Gasteiger partial charge in [-0.2, -0.15) is 0 Å². The number of rotatable bonds is 9. The Morgan fingerprint density at radius 1 is 0.963 bits per heavy atom. The van der Waals surface area contributed by atoms with Crippen LogP contribution in [0.25, 0.3) is 0 Å². The zero-order valence-electron chi connectivity index (χ0n) is 16.5. The van der Waals surface area contributed by atoms with Crippen LogP contribution in [-0.4, -0.2) is 31.4 Å². The van der Waals surface area contributed by atoms with Crippen molar-refractivity contribution < 1.29 is 24.1 Å². The SMILES string of the molecule is COc1cccc(CCC(=O)O)c1OCCOc1ccccc1C(C)(C)C. The molecule has 0 aliphatic heterocycles. The zero-order valence-corrected chi connectivity index (χ0v) is 16.5. The summed E-state index contributed by atoms with van der Waals surface area (Å²) in [4.78, 5) is 10.9. The molecule has 27 heavy (non-hydrogen) atoms. The molecule has 2 rings (SSSR count). The van der Waals surface area contributed by atoms with Crippen molar-refractivity contribution in [2.24, 2.45) is 0 Å². The smallest absolute Gasteiger partial charge is 0.303 e. The van der Waals surface area contributed by atoms with Gasteiger partial charge in [-0.15, -0.1) is 0 Å². The predicted octanol–water partition coefficient (Wildman–Crippen LogP) is 4.47. The highest BCUT2D eigenvalue weighted by molar-refractivity contribution is 5.67. The van der Waals surface area contributed by atoms with E-state index in [9.17, 15) is 4.79 Å². The lowest BCUT2D eigenvalue weighted by atomic mass is 9.86. The normalized spacial score (nSPS) is 11.1. The molecule has 0 amide bonds. The van der Waals surface area contributed by atoms with Crippen LogP contribution in [0.15, 0.2) is 42.5 Å².